The Balaban J connectivity index is 1.18. The van der Waals surface area contributed by atoms with Crippen LogP contribution in [0.25, 0.3) is 11.1 Å². The van der Waals surface area contributed by atoms with E-state index in [9.17, 15) is 19.5 Å². The highest BCUT2D eigenvalue weighted by Crippen LogP contribution is 2.44. The van der Waals surface area contributed by atoms with Gasteiger partial charge in [-0.1, -0.05) is 68.3 Å². The van der Waals surface area contributed by atoms with Gasteiger partial charge in [-0.2, -0.15) is 0 Å². The van der Waals surface area contributed by atoms with Gasteiger partial charge in [0, 0.05) is 18.4 Å². The van der Waals surface area contributed by atoms with E-state index in [4.69, 9.17) is 4.74 Å². The first kappa shape index (κ1) is 23.8. The van der Waals surface area contributed by atoms with E-state index < -0.39 is 18.1 Å². The number of hydrogen-bond donors (Lipinski definition) is 3. The van der Waals surface area contributed by atoms with E-state index in [1.807, 2.05) is 24.3 Å². The molecule has 1 saturated carbocycles. The summed E-state index contributed by atoms with van der Waals surface area (Å²) in [5.41, 5.74) is 4.69. The molecular formula is C27H32N2O5. The van der Waals surface area contributed by atoms with Crippen molar-refractivity contribution in [3.8, 4) is 11.1 Å². The van der Waals surface area contributed by atoms with Crippen molar-refractivity contribution >= 4 is 18.0 Å². The van der Waals surface area contributed by atoms with Crippen molar-refractivity contribution in [2.24, 2.45) is 11.8 Å². The molecule has 0 radical (unpaired) electrons. The minimum Gasteiger partial charge on any atom is -0.480 e. The summed E-state index contributed by atoms with van der Waals surface area (Å²) in [5.74, 6) is -1.14. The smallest absolute Gasteiger partial charge is 0.407 e. The molecule has 34 heavy (non-hydrogen) atoms. The van der Waals surface area contributed by atoms with E-state index in [-0.39, 0.29) is 24.3 Å². The molecule has 0 bridgehead atoms. The molecule has 2 aliphatic rings. The topological polar surface area (TPSA) is 105 Å². The monoisotopic (exact) mass is 464 g/mol. The van der Waals surface area contributed by atoms with Crippen LogP contribution in [-0.2, 0) is 14.3 Å². The number of ether oxygens (including phenoxy) is 1. The fourth-order valence-corrected chi connectivity index (χ4v) is 4.60. The number of nitrogens with one attached hydrogen (secondary N) is 2. The zero-order chi connectivity index (χ0) is 24.1. The Hall–Kier alpha value is -3.35. The van der Waals surface area contributed by atoms with Crippen LogP contribution in [-0.4, -0.2) is 42.3 Å². The average molecular weight is 465 g/mol. The molecule has 4 rings (SSSR count). The minimum absolute atomic E-state index is 0.0136. The van der Waals surface area contributed by atoms with Gasteiger partial charge in [0.05, 0.1) is 0 Å². The normalized spacial score (nSPS) is 16.1. The van der Waals surface area contributed by atoms with Gasteiger partial charge >= 0.3 is 12.1 Å². The van der Waals surface area contributed by atoms with Crippen molar-refractivity contribution in [3.05, 3.63) is 59.7 Å². The quantitative estimate of drug-likeness (QED) is 0.430. The van der Waals surface area contributed by atoms with Gasteiger partial charge in [0.2, 0.25) is 5.91 Å². The fraction of sp³-hybridized carbons (Fsp3) is 0.444. The van der Waals surface area contributed by atoms with Crippen LogP contribution in [0.15, 0.2) is 48.5 Å². The fourth-order valence-electron chi connectivity index (χ4n) is 4.60. The van der Waals surface area contributed by atoms with E-state index in [0.717, 1.165) is 24.0 Å². The highest BCUT2D eigenvalue weighted by molar-refractivity contribution is 5.84. The van der Waals surface area contributed by atoms with Crippen molar-refractivity contribution in [2.45, 2.75) is 51.0 Å². The van der Waals surface area contributed by atoms with Gasteiger partial charge in [0.25, 0.3) is 0 Å². The molecule has 0 aromatic heterocycles. The van der Waals surface area contributed by atoms with Gasteiger partial charge in [0.1, 0.15) is 12.6 Å². The number of aliphatic carboxylic acids is 1. The maximum atomic E-state index is 12.4. The number of alkyl carbamates (subject to hydrolysis) is 1. The van der Waals surface area contributed by atoms with E-state index in [2.05, 4.69) is 34.9 Å². The van der Waals surface area contributed by atoms with Crippen LogP contribution >= 0.6 is 0 Å². The first-order chi connectivity index (χ1) is 16.4. The molecule has 7 heteroatoms. The summed E-state index contributed by atoms with van der Waals surface area (Å²) in [6.45, 7) is 2.42. The number of carbonyl (C=O) groups is 3. The first-order valence-corrected chi connectivity index (χ1v) is 12.1. The average Bonchev–Trinajstić information content (AvgIpc) is 3.60. The second-order valence-corrected chi connectivity index (χ2v) is 9.37. The largest absolute Gasteiger partial charge is 0.480 e. The van der Waals surface area contributed by atoms with Crippen LogP contribution in [0.2, 0.25) is 0 Å². The Kier molecular flexibility index (Phi) is 7.50. The van der Waals surface area contributed by atoms with Crippen LogP contribution < -0.4 is 10.6 Å². The van der Waals surface area contributed by atoms with Crippen LogP contribution in [0.4, 0.5) is 4.79 Å². The summed E-state index contributed by atoms with van der Waals surface area (Å²) in [4.78, 5) is 36.0. The molecule has 1 fully saturated rings. The van der Waals surface area contributed by atoms with Crippen molar-refractivity contribution in [2.75, 3.05) is 13.2 Å². The van der Waals surface area contributed by atoms with E-state index in [0.29, 0.717) is 31.7 Å². The first-order valence-electron chi connectivity index (χ1n) is 12.1. The van der Waals surface area contributed by atoms with Crippen molar-refractivity contribution in [1.82, 2.24) is 10.6 Å². The van der Waals surface area contributed by atoms with Gasteiger partial charge in [-0.05, 0) is 47.4 Å². The van der Waals surface area contributed by atoms with Crippen LogP contribution in [0, 0.1) is 11.8 Å². The Morgan fingerprint density at radius 2 is 1.65 bits per heavy atom. The van der Waals surface area contributed by atoms with Crippen molar-refractivity contribution < 1.29 is 24.2 Å². The van der Waals surface area contributed by atoms with Gasteiger partial charge in [-0.15, -0.1) is 0 Å². The third-order valence-electron chi connectivity index (χ3n) is 6.76. The minimum atomic E-state index is -0.982. The van der Waals surface area contributed by atoms with Crippen LogP contribution in [0.5, 0.6) is 0 Å². The standard InChI is InChI=1S/C27H32N2O5/c1-17(25(30)29-24(26(31)32)15-18-12-13-18)7-6-14-28-27(33)34-16-23-21-10-4-2-8-19(21)20-9-3-5-11-22(20)23/h2-5,8-11,17-18,23-24H,6-7,12-16H2,1H3,(H,28,33)(H,29,30)(H,31,32)/t17?,24-/m0/s1. The second kappa shape index (κ2) is 10.7. The number of hydrogen-bond acceptors (Lipinski definition) is 4. The third kappa shape index (κ3) is 5.76. The maximum absolute atomic E-state index is 12.4. The lowest BCUT2D eigenvalue weighted by atomic mass is 9.98. The number of carbonyl (C=O) groups excluding carboxylic acids is 2. The highest BCUT2D eigenvalue weighted by atomic mass is 16.5. The molecular weight excluding hydrogens is 432 g/mol. The lowest BCUT2D eigenvalue weighted by molar-refractivity contribution is -0.142. The molecule has 2 amide bonds. The summed E-state index contributed by atoms with van der Waals surface area (Å²) in [5, 5.41) is 14.7. The van der Waals surface area contributed by atoms with E-state index >= 15 is 0 Å². The molecule has 180 valence electrons. The van der Waals surface area contributed by atoms with Gasteiger partial charge in [0.15, 0.2) is 0 Å². The number of benzene rings is 2. The zero-order valence-corrected chi connectivity index (χ0v) is 19.5. The molecule has 0 aliphatic heterocycles. The molecule has 2 aliphatic carbocycles. The van der Waals surface area contributed by atoms with Gasteiger partial charge in [-0.3, -0.25) is 4.79 Å². The van der Waals surface area contributed by atoms with Crippen molar-refractivity contribution in [3.63, 3.8) is 0 Å². The Bertz CT molecular complexity index is 1000. The summed E-state index contributed by atoms with van der Waals surface area (Å²) in [7, 11) is 0. The third-order valence-corrected chi connectivity index (χ3v) is 6.76. The lowest BCUT2D eigenvalue weighted by Crippen LogP contribution is -2.43. The summed E-state index contributed by atoms with van der Waals surface area (Å²) in [6.07, 6.45) is 3.24. The Morgan fingerprint density at radius 3 is 2.24 bits per heavy atom. The predicted molar refractivity (Wildman–Crippen MR) is 128 cm³/mol. The second-order valence-electron chi connectivity index (χ2n) is 9.37. The molecule has 2 atom stereocenters. The number of fused-ring (bicyclic) bond motifs is 3. The summed E-state index contributed by atoms with van der Waals surface area (Å²) >= 11 is 0. The van der Waals surface area contributed by atoms with Crippen LogP contribution in [0.3, 0.4) is 0 Å². The van der Waals surface area contributed by atoms with E-state index in [1.165, 1.54) is 11.1 Å². The highest BCUT2D eigenvalue weighted by Gasteiger charge is 2.31. The van der Waals surface area contributed by atoms with Crippen LogP contribution in [0.1, 0.15) is 56.1 Å². The molecule has 0 heterocycles. The Labute approximate surface area is 199 Å². The number of carboxylic acids is 1. The molecule has 2 aromatic carbocycles. The summed E-state index contributed by atoms with van der Waals surface area (Å²) < 4.78 is 5.52. The number of rotatable bonds is 11. The van der Waals surface area contributed by atoms with Gasteiger partial charge in [-0.25, -0.2) is 9.59 Å². The molecule has 3 N–H and O–H groups in total. The predicted octanol–water partition coefficient (Wildman–Crippen LogP) is 4.31. The maximum Gasteiger partial charge on any atom is 0.407 e. The van der Waals surface area contributed by atoms with Crippen molar-refractivity contribution in [1.29, 1.82) is 0 Å². The SMILES string of the molecule is CC(CCCNC(=O)OCC1c2ccccc2-c2ccccc21)C(=O)N[C@@H](CC1CC1)C(=O)O. The zero-order valence-electron chi connectivity index (χ0n) is 19.5. The molecule has 7 nitrogen and oxygen atoms in total. The summed E-state index contributed by atoms with van der Waals surface area (Å²) in [6, 6.07) is 15.6. The number of carboxylic acid groups (broad SMARTS) is 1. The van der Waals surface area contributed by atoms with E-state index in [1.54, 1.807) is 6.92 Å². The molecule has 2 aromatic rings. The van der Waals surface area contributed by atoms with Gasteiger partial charge < -0.3 is 20.5 Å². The molecule has 0 spiro atoms. The lowest BCUT2D eigenvalue weighted by Gasteiger charge is -2.18. The molecule has 1 unspecified atom stereocenters. The Morgan fingerprint density at radius 1 is 1.03 bits per heavy atom. The number of amides is 2. The molecule has 0 saturated heterocycles.